The Labute approximate surface area is 146 Å². The number of likely N-dealkylation sites (N-methyl/N-ethyl adjacent to an activating group) is 1. The number of hydrogen-bond acceptors (Lipinski definition) is 6. The largest absolute Gasteiger partial charge is 0.465 e. The molecule has 2 amide bonds. The summed E-state index contributed by atoms with van der Waals surface area (Å²) < 4.78 is 9.25. The van der Waals surface area contributed by atoms with Gasteiger partial charge >= 0.3 is 23.8 Å². The van der Waals surface area contributed by atoms with Crippen molar-refractivity contribution in [1.29, 1.82) is 0 Å². The predicted molar refractivity (Wildman–Crippen MR) is 90.3 cm³/mol. The molecule has 0 heterocycles. The zero-order valence-electron chi connectivity index (χ0n) is 14.8. The molecule has 0 bridgehead atoms. The summed E-state index contributed by atoms with van der Waals surface area (Å²) in [4.78, 5) is 49.0. The number of benzene rings is 1. The first-order valence-corrected chi connectivity index (χ1v) is 7.72. The van der Waals surface area contributed by atoms with Crippen molar-refractivity contribution >= 4 is 29.4 Å². The van der Waals surface area contributed by atoms with Crippen molar-refractivity contribution in [3.8, 4) is 0 Å². The number of hydrogen-bond donors (Lipinski definition) is 1. The van der Waals surface area contributed by atoms with Crippen LogP contribution in [0.2, 0.25) is 0 Å². The van der Waals surface area contributed by atoms with Crippen LogP contribution in [0.25, 0.3) is 0 Å². The minimum atomic E-state index is -0.911. The van der Waals surface area contributed by atoms with Gasteiger partial charge in [-0.05, 0) is 24.6 Å². The van der Waals surface area contributed by atoms with Gasteiger partial charge in [0.15, 0.2) is 0 Å². The average molecular weight is 350 g/mol. The fourth-order valence-electron chi connectivity index (χ4n) is 2.03. The third-order valence-corrected chi connectivity index (χ3v) is 3.48. The van der Waals surface area contributed by atoms with Gasteiger partial charge in [-0.25, -0.2) is 9.59 Å². The number of amides is 2. The lowest BCUT2D eigenvalue weighted by atomic mass is 10.1. The molecule has 0 aromatic heterocycles. The summed E-state index contributed by atoms with van der Waals surface area (Å²) in [5.74, 6) is -3.00. The van der Waals surface area contributed by atoms with Gasteiger partial charge in [0.25, 0.3) is 0 Å². The third-order valence-electron chi connectivity index (χ3n) is 3.48. The maximum Gasteiger partial charge on any atom is 0.339 e. The maximum absolute atomic E-state index is 12.2. The number of anilines is 1. The van der Waals surface area contributed by atoms with Crippen LogP contribution in [0.15, 0.2) is 18.2 Å². The van der Waals surface area contributed by atoms with Gasteiger partial charge in [-0.15, -0.1) is 0 Å². The molecule has 0 saturated heterocycles. The molecule has 0 atom stereocenters. The van der Waals surface area contributed by atoms with Crippen molar-refractivity contribution in [2.24, 2.45) is 0 Å². The van der Waals surface area contributed by atoms with E-state index >= 15 is 0 Å². The minimum absolute atomic E-state index is 0.00279. The molecule has 25 heavy (non-hydrogen) atoms. The van der Waals surface area contributed by atoms with E-state index in [1.807, 2.05) is 6.92 Å². The van der Waals surface area contributed by atoms with E-state index in [4.69, 9.17) is 0 Å². The van der Waals surface area contributed by atoms with Gasteiger partial charge in [-0.3, -0.25) is 9.59 Å². The smallest absolute Gasteiger partial charge is 0.339 e. The van der Waals surface area contributed by atoms with Crippen LogP contribution in [-0.4, -0.2) is 56.5 Å². The number of methoxy groups -OCH3 is 2. The molecule has 0 saturated carbocycles. The predicted octanol–water partition coefficient (Wildman–Crippen LogP) is 1.46. The molecule has 0 spiro atoms. The molecule has 0 aliphatic heterocycles. The second-order valence-corrected chi connectivity index (χ2v) is 5.28. The molecule has 1 N–H and O–H groups in total. The molecular weight excluding hydrogens is 328 g/mol. The Balaban J connectivity index is 3.08. The fourth-order valence-corrected chi connectivity index (χ4v) is 2.03. The normalized spacial score (nSPS) is 9.92. The van der Waals surface area contributed by atoms with E-state index in [-0.39, 0.29) is 16.8 Å². The second kappa shape index (κ2) is 9.41. The number of nitrogens with one attached hydrogen (secondary N) is 1. The Hall–Kier alpha value is -2.90. The monoisotopic (exact) mass is 350 g/mol. The van der Waals surface area contributed by atoms with Crippen molar-refractivity contribution in [3.05, 3.63) is 29.3 Å². The van der Waals surface area contributed by atoms with Gasteiger partial charge in [0.1, 0.15) is 0 Å². The van der Waals surface area contributed by atoms with Gasteiger partial charge in [0.05, 0.1) is 31.0 Å². The van der Waals surface area contributed by atoms with Crippen LogP contribution < -0.4 is 5.32 Å². The first-order chi connectivity index (χ1) is 11.8. The van der Waals surface area contributed by atoms with E-state index in [2.05, 4.69) is 14.8 Å². The number of esters is 2. The topological polar surface area (TPSA) is 102 Å². The molecule has 0 aliphatic rings. The Kier molecular flexibility index (Phi) is 7.58. The Morgan fingerprint density at radius 2 is 1.72 bits per heavy atom. The number of rotatable bonds is 6. The van der Waals surface area contributed by atoms with Crippen LogP contribution >= 0.6 is 0 Å². The lowest BCUT2D eigenvalue weighted by molar-refractivity contribution is -0.142. The molecule has 8 heteroatoms. The number of carbonyl (C=O) groups is 4. The summed E-state index contributed by atoms with van der Waals surface area (Å²) in [5.41, 5.74) is 0.141. The van der Waals surface area contributed by atoms with Gasteiger partial charge in [0, 0.05) is 13.6 Å². The van der Waals surface area contributed by atoms with E-state index in [9.17, 15) is 19.2 Å². The van der Waals surface area contributed by atoms with Crippen LogP contribution in [0.1, 0.15) is 40.5 Å². The highest BCUT2D eigenvalue weighted by Gasteiger charge is 2.22. The molecular formula is C17H22N2O6. The lowest BCUT2D eigenvalue weighted by Gasteiger charge is -2.17. The highest BCUT2D eigenvalue weighted by Crippen LogP contribution is 2.20. The maximum atomic E-state index is 12.2. The first-order valence-electron chi connectivity index (χ1n) is 7.72. The van der Waals surface area contributed by atoms with Crippen molar-refractivity contribution in [3.63, 3.8) is 0 Å². The number of ether oxygens (including phenoxy) is 2. The quantitative estimate of drug-likeness (QED) is 0.615. The van der Waals surface area contributed by atoms with Crippen LogP contribution in [0.5, 0.6) is 0 Å². The van der Waals surface area contributed by atoms with E-state index < -0.39 is 23.8 Å². The molecule has 0 radical (unpaired) electrons. The third kappa shape index (κ3) is 5.30. The van der Waals surface area contributed by atoms with Gasteiger partial charge in [0.2, 0.25) is 0 Å². The summed E-state index contributed by atoms with van der Waals surface area (Å²) in [7, 11) is 3.91. The molecule has 1 aromatic rings. The molecule has 0 fully saturated rings. The molecule has 136 valence electrons. The number of nitrogens with zero attached hydrogens (tertiary/aromatic N) is 1. The highest BCUT2D eigenvalue weighted by atomic mass is 16.5. The standard InChI is InChI=1S/C17H22N2O6/c1-5-6-9-19(2)15(21)14(20)18-13-10-11(16(22)24-3)7-8-12(13)17(23)25-4/h7-8,10H,5-6,9H2,1-4H3,(H,18,20). The summed E-state index contributed by atoms with van der Waals surface area (Å²) >= 11 is 0. The summed E-state index contributed by atoms with van der Waals surface area (Å²) in [6, 6.07) is 3.94. The lowest BCUT2D eigenvalue weighted by Crippen LogP contribution is -2.37. The second-order valence-electron chi connectivity index (χ2n) is 5.28. The average Bonchev–Trinajstić information content (AvgIpc) is 2.63. The molecule has 8 nitrogen and oxygen atoms in total. The van der Waals surface area contributed by atoms with Crippen molar-refractivity contribution in [1.82, 2.24) is 4.90 Å². The van der Waals surface area contributed by atoms with E-state index in [1.54, 1.807) is 0 Å². The number of unbranched alkanes of at least 4 members (excludes halogenated alkanes) is 1. The Morgan fingerprint density at radius 3 is 2.28 bits per heavy atom. The van der Waals surface area contributed by atoms with Gasteiger partial charge in [-0.1, -0.05) is 13.3 Å². The van der Waals surface area contributed by atoms with Gasteiger partial charge < -0.3 is 19.7 Å². The molecule has 1 rings (SSSR count). The first kappa shape index (κ1) is 20.1. The van der Waals surface area contributed by atoms with E-state index in [0.717, 1.165) is 12.8 Å². The highest BCUT2D eigenvalue weighted by molar-refractivity contribution is 6.39. The van der Waals surface area contributed by atoms with Crippen LogP contribution in [0, 0.1) is 0 Å². The summed E-state index contributed by atoms with van der Waals surface area (Å²) in [5, 5.41) is 2.36. The molecule has 0 aliphatic carbocycles. The fraction of sp³-hybridized carbons (Fsp3) is 0.412. The van der Waals surface area contributed by atoms with Crippen LogP contribution in [0.4, 0.5) is 5.69 Å². The minimum Gasteiger partial charge on any atom is -0.465 e. The zero-order chi connectivity index (χ0) is 19.0. The van der Waals surface area contributed by atoms with Crippen LogP contribution in [0.3, 0.4) is 0 Å². The summed E-state index contributed by atoms with van der Waals surface area (Å²) in [6.45, 7) is 2.41. The van der Waals surface area contributed by atoms with Crippen LogP contribution in [-0.2, 0) is 19.1 Å². The summed E-state index contributed by atoms with van der Waals surface area (Å²) in [6.07, 6.45) is 1.65. The Morgan fingerprint density at radius 1 is 1.08 bits per heavy atom. The van der Waals surface area contributed by atoms with Crippen molar-refractivity contribution < 1.29 is 28.7 Å². The molecule has 1 aromatic carbocycles. The van der Waals surface area contributed by atoms with Gasteiger partial charge in [-0.2, -0.15) is 0 Å². The Bertz CT molecular complexity index is 671. The van der Waals surface area contributed by atoms with E-state index in [1.165, 1.54) is 44.4 Å². The molecule has 0 unspecified atom stereocenters. The van der Waals surface area contributed by atoms with Crippen molar-refractivity contribution in [2.75, 3.05) is 33.1 Å². The van der Waals surface area contributed by atoms with E-state index in [0.29, 0.717) is 6.54 Å². The SMILES string of the molecule is CCCCN(C)C(=O)C(=O)Nc1cc(C(=O)OC)ccc1C(=O)OC. The zero-order valence-corrected chi connectivity index (χ0v) is 14.8. The number of carbonyl (C=O) groups excluding carboxylic acids is 4. The van der Waals surface area contributed by atoms with Crippen molar-refractivity contribution in [2.45, 2.75) is 19.8 Å².